The first kappa shape index (κ1) is 15.8. The van der Waals surface area contributed by atoms with Crippen LogP contribution < -0.4 is 4.90 Å². The molecule has 0 radical (unpaired) electrons. The third-order valence-electron chi connectivity index (χ3n) is 4.02. The van der Waals surface area contributed by atoms with Gasteiger partial charge in [-0.25, -0.2) is 4.79 Å². The second-order valence-corrected chi connectivity index (χ2v) is 5.65. The van der Waals surface area contributed by atoms with E-state index in [1.54, 1.807) is 4.90 Å². The van der Waals surface area contributed by atoms with Crippen LogP contribution in [0, 0.1) is 5.92 Å². The number of carbonyl (C=O) groups is 1. The smallest absolute Gasteiger partial charge is 0.414 e. The Morgan fingerprint density at radius 2 is 2.00 bits per heavy atom. The Morgan fingerprint density at radius 1 is 1.24 bits per heavy atom. The molecule has 4 nitrogen and oxygen atoms in total. The van der Waals surface area contributed by atoms with Crippen LogP contribution in [0.2, 0.25) is 0 Å². The second kappa shape index (κ2) is 7.46. The molecule has 1 aromatic rings. The largest absolute Gasteiger partial charge is 0.447 e. The highest BCUT2D eigenvalue weighted by Gasteiger charge is 2.33. The van der Waals surface area contributed by atoms with Crippen LogP contribution in [0.15, 0.2) is 24.3 Å². The maximum absolute atomic E-state index is 12.4. The summed E-state index contributed by atoms with van der Waals surface area (Å²) in [5.74, 6) is 0.420. The number of para-hydroxylation sites is 1. The number of carbonyl (C=O) groups excluding carboxylic acids is 1. The molecule has 0 aromatic heterocycles. The quantitative estimate of drug-likeness (QED) is 0.777. The van der Waals surface area contributed by atoms with Crippen molar-refractivity contribution in [2.75, 3.05) is 24.7 Å². The van der Waals surface area contributed by atoms with E-state index in [-0.39, 0.29) is 12.1 Å². The summed E-state index contributed by atoms with van der Waals surface area (Å²) in [6.45, 7) is 7.77. The summed E-state index contributed by atoms with van der Waals surface area (Å²) in [6.07, 6.45) is 1.70. The maximum atomic E-state index is 12.4. The number of ether oxygens (including phenoxy) is 2. The van der Waals surface area contributed by atoms with Crippen molar-refractivity contribution < 1.29 is 14.3 Å². The zero-order chi connectivity index (χ0) is 15.2. The predicted octanol–water partition coefficient (Wildman–Crippen LogP) is 3.64. The van der Waals surface area contributed by atoms with Crippen LogP contribution in [0.5, 0.6) is 0 Å². The first-order valence-corrected chi connectivity index (χ1v) is 7.76. The zero-order valence-corrected chi connectivity index (χ0v) is 13.2. The number of nitrogens with zero attached hydrogens (tertiary/aromatic N) is 1. The van der Waals surface area contributed by atoms with Crippen molar-refractivity contribution in [3.05, 3.63) is 29.8 Å². The summed E-state index contributed by atoms with van der Waals surface area (Å²) in [4.78, 5) is 14.2. The molecule has 1 heterocycles. The Hall–Kier alpha value is -1.55. The summed E-state index contributed by atoms with van der Waals surface area (Å²) in [5.41, 5.74) is 2.19. The Balaban J connectivity index is 2.01. The normalized spacial score (nSPS) is 21.0. The van der Waals surface area contributed by atoms with E-state index < -0.39 is 0 Å². The molecule has 4 heteroatoms. The molecule has 0 fully saturated rings. The standard InChI is InChI=1S/C17H25NO3/c1-4-9-20-10-11-21-17(19)18-14(3)13(2)12-15-7-5-6-8-16(15)18/h5-8,13-14H,4,9-12H2,1-3H3. The lowest BCUT2D eigenvalue weighted by Crippen LogP contribution is -2.46. The van der Waals surface area contributed by atoms with E-state index in [1.807, 2.05) is 18.2 Å². The van der Waals surface area contributed by atoms with E-state index in [0.29, 0.717) is 25.7 Å². The van der Waals surface area contributed by atoms with Gasteiger partial charge < -0.3 is 9.47 Å². The lowest BCUT2D eigenvalue weighted by molar-refractivity contribution is 0.0744. The number of rotatable bonds is 5. The van der Waals surface area contributed by atoms with E-state index in [0.717, 1.165) is 18.5 Å². The first-order chi connectivity index (χ1) is 10.1. The first-order valence-electron chi connectivity index (χ1n) is 7.76. The fourth-order valence-corrected chi connectivity index (χ4v) is 2.68. The molecule has 0 saturated heterocycles. The van der Waals surface area contributed by atoms with Crippen molar-refractivity contribution in [3.8, 4) is 0 Å². The molecule has 1 aliphatic rings. The Labute approximate surface area is 127 Å². The zero-order valence-electron chi connectivity index (χ0n) is 13.2. The van der Waals surface area contributed by atoms with Gasteiger partial charge >= 0.3 is 6.09 Å². The van der Waals surface area contributed by atoms with Crippen LogP contribution in [0.3, 0.4) is 0 Å². The fourth-order valence-electron chi connectivity index (χ4n) is 2.68. The highest BCUT2D eigenvalue weighted by Crippen LogP contribution is 2.33. The van der Waals surface area contributed by atoms with Gasteiger partial charge in [0.25, 0.3) is 0 Å². The van der Waals surface area contributed by atoms with Crippen LogP contribution in [-0.4, -0.2) is 32.0 Å². The summed E-state index contributed by atoms with van der Waals surface area (Å²) in [7, 11) is 0. The van der Waals surface area contributed by atoms with E-state index in [4.69, 9.17) is 9.47 Å². The lowest BCUT2D eigenvalue weighted by Gasteiger charge is -2.38. The summed E-state index contributed by atoms with van der Waals surface area (Å²) < 4.78 is 10.7. The predicted molar refractivity (Wildman–Crippen MR) is 83.7 cm³/mol. The molecule has 2 atom stereocenters. The monoisotopic (exact) mass is 291 g/mol. The van der Waals surface area contributed by atoms with Crippen molar-refractivity contribution >= 4 is 11.8 Å². The number of benzene rings is 1. The van der Waals surface area contributed by atoms with Gasteiger partial charge in [-0.3, -0.25) is 4.90 Å². The average Bonchev–Trinajstić information content (AvgIpc) is 2.48. The molecule has 116 valence electrons. The molecule has 1 amide bonds. The van der Waals surface area contributed by atoms with Gasteiger partial charge in [-0.2, -0.15) is 0 Å². The van der Waals surface area contributed by atoms with Crippen LogP contribution in [0.25, 0.3) is 0 Å². The minimum Gasteiger partial charge on any atom is -0.447 e. The van der Waals surface area contributed by atoms with E-state index in [1.165, 1.54) is 5.56 Å². The van der Waals surface area contributed by atoms with Gasteiger partial charge in [0.05, 0.1) is 12.3 Å². The fraction of sp³-hybridized carbons (Fsp3) is 0.588. The van der Waals surface area contributed by atoms with Crippen LogP contribution in [-0.2, 0) is 15.9 Å². The SMILES string of the molecule is CCCOCCOC(=O)N1c2ccccc2CC(C)C1C. The van der Waals surface area contributed by atoms with E-state index >= 15 is 0 Å². The van der Waals surface area contributed by atoms with Crippen LogP contribution >= 0.6 is 0 Å². The average molecular weight is 291 g/mol. The van der Waals surface area contributed by atoms with Gasteiger partial charge in [-0.05, 0) is 37.3 Å². The number of anilines is 1. The highest BCUT2D eigenvalue weighted by molar-refractivity contribution is 5.90. The molecule has 0 spiro atoms. The molecular weight excluding hydrogens is 266 g/mol. The number of fused-ring (bicyclic) bond motifs is 1. The molecule has 21 heavy (non-hydrogen) atoms. The van der Waals surface area contributed by atoms with Crippen LogP contribution in [0.1, 0.15) is 32.8 Å². The van der Waals surface area contributed by atoms with Crippen molar-refractivity contribution in [1.29, 1.82) is 0 Å². The minimum absolute atomic E-state index is 0.143. The van der Waals surface area contributed by atoms with Gasteiger partial charge in [-0.15, -0.1) is 0 Å². The molecule has 1 aliphatic heterocycles. The molecule has 0 N–H and O–H groups in total. The Bertz CT molecular complexity index is 475. The highest BCUT2D eigenvalue weighted by atomic mass is 16.6. The van der Waals surface area contributed by atoms with Crippen molar-refractivity contribution in [2.45, 2.75) is 39.7 Å². The maximum Gasteiger partial charge on any atom is 0.414 e. The minimum atomic E-state index is -0.276. The van der Waals surface area contributed by atoms with Crippen LogP contribution in [0.4, 0.5) is 10.5 Å². The van der Waals surface area contributed by atoms with Gasteiger partial charge in [0, 0.05) is 12.6 Å². The molecular formula is C17H25NO3. The van der Waals surface area contributed by atoms with Gasteiger partial charge in [0.1, 0.15) is 6.61 Å². The van der Waals surface area contributed by atoms with Crippen molar-refractivity contribution in [2.24, 2.45) is 5.92 Å². The molecule has 2 rings (SSSR count). The molecule has 2 unspecified atom stereocenters. The Morgan fingerprint density at radius 3 is 2.76 bits per heavy atom. The third kappa shape index (κ3) is 3.76. The number of hydrogen-bond donors (Lipinski definition) is 0. The van der Waals surface area contributed by atoms with Gasteiger partial charge in [-0.1, -0.05) is 32.0 Å². The Kier molecular flexibility index (Phi) is 5.62. The molecule has 0 bridgehead atoms. The van der Waals surface area contributed by atoms with Crippen molar-refractivity contribution in [3.63, 3.8) is 0 Å². The van der Waals surface area contributed by atoms with Gasteiger partial charge in [0.2, 0.25) is 0 Å². The topological polar surface area (TPSA) is 38.8 Å². The second-order valence-electron chi connectivity index (χ2n) is 5.65. The summed E-state index contributed by atoms with van der Waals surface area (Å²) >= 11 is 0. The van der Waals surface area contributed by atoms with E-state index in [9.17, 15) is 4.79 Å². The number of hydrogen-bond acceptors (Lipinski definition) is 3. The third-order valence-corrected chi connectivity index (χ3v) is 4.02. The molecule has 1 aromatic carbocycles. The summed E-state index contributed by atoms with van der Waals surface area (Å²) in [6, 6.07) is 8.20. The lowest BCUT2D eigenvalue weighted by atomic mass is 9.88. The van der Waals surface area contributed by atoms with Crippen molar-refractivity contribution in [1.82, 2.24) is 0 Å². The molecule has 0 aliphatic carbocycles. The number of amides is 1. The van der Waals surface area contributed by atoms with Gasteiger partial charge in [0.15, 0.2) is 0 Å². The molecule has 0 saturated carbocycles. The van der Waals surface area contributed by atoms with E-state index in [2.05, 4.69) is 26.8 Å². The summed E-state index contributed by atoms with van der Waals surface area (Å²) in [5, 5.41) is 0.